The Kier molecular flexibility index (Phi) is 4.74. The number of amides is 2. The highest BCUT2D eigenvalue weighted by Crippen LogP contribution is 2.18. The Hall–Kier alpha value is -1.88. The first-order chi connectivity index (χ1) is 9.54. The number of urea groups is 1. The molecule has 5 heteroatoms. The van der Waals surface area contributed by atoms with Gasteiger partial charge in [0.05, 0.1) is 6.04 Å². The van der Waals surface area contributed by atoms with Gasteiger partial charge >= 0.3 is 6.03 Å². The molecule has 2 aromatic carbocycles. The summed E-state index contributed by atoms with van der Waals surface area (Å²) in [5.41, 5.74) is 1.54. The van der Waals surface area contributed by atoms with Gasteiger partial charge < -0.3 is 10.6 Å². The van der Waals surface area contributed by atoms with Crippen molar-refractivity contribution >= 4 is 27.6 Å². The van der Waals surface area contributed by atoms with Crippen LogP contribution in [0.25, 0.3) is 0 Å². The molecule has 104 valence electrons. The summed E-state index contributed by atoms with van der Waals surface area (Å²) in [4.78, 5) is 11.8. The fourth-order valence-electron chi connectivity index (χ4n) is 1.76. The highest BCUT2D eigenvalue weighted by molar-refractivity contribution is 9.10. The smallest absolute Gasteiger partial charge is 0.319 e. The van der Waals surface area contributed by atoms with Gasteiger partial charge in [-0.15, -0.1) is 0 Å². The molecule has 0 heterocycles. The molecule has 0 aliphatic heterocycles. The zero-order valence-corrected chi connectivity index (χ0v) is 12.4. The van der Waals surface area contributed by atoms with Gasteiger partial charge in [-0.2, -0.15) is 0 Å². The van der Waals surface area contributed by atoms with Crippen LogP contribution in [0.3, 0.4) is 0 Å². The maximum Gasteiger partial charge on any atom is 0.319 e. The molecule has 0 spiro atoms. The zero-order valence-electron chi connectivity index (χ0n) is 10.9. The summed E-state index contributed by atoms with van der Waals surface area (Å²) in [6, 6.07) is 12.9. The SMILES string of the molecule is CC(NC(=O)Nc1ccc(F)cc1)c1cccc(Br)c1. The Morgan fingerprint density at radius 2 is 1.90 bits per heavy atom. The molecular formula is C15H14BrFN2O. The summed E-state index contributed by atoms with van der Waals surface area (Å²) in [7, 11) is 0. The van der Waals surface area contributed by atoms with Gasteiger partial charge in [-0.25, -0.2) is 9.18 Å². The van der Waals surface area contributed by atoms with Crippen molar-refractivity contribution in [3.63, 3.8) is 0 Å². The van der Waals surface area contributed by atoms with E-state index in [1.54, 1.807) is 0 Å². The lowest BCUT2D eigenvalue weighted by Crippen LogP contribution is -2.31. The quantitative estimate of drug-likeness (QED) is 0.852. The van der Waals surface area contributed by atoms with Gasteiger partial charge in [0.1, 0.15) is 5.82 Å². The minimum atomic E-state index is -0.335. The zero-order chi connectivity index (χ0) is 14.5. The first kappa shape index (κ1) is 14.5. The molecule has 0 fully saturated rings. The van der Waals surface area contributed by atoms with Crippen molar-refractivity contribution in [2.45, 2.75) is 13.0 Å². The van der Waals surface area contributed by atoms with E-state index in [1.807, 2.05) is 31.2 Å². The number of hydrogen-bond donors (Lipinski definition) is 2. The van der Waals surface area contributed by atoms with Crippen LogP contribution in [-0.4, -0.2) is 6.03 Å². The summed E-state index contributed by atoms with van der Waals surface area (Å²) in [5.74, 6) is -0.335. The monoisotopic (exact) mass is 336 g/mol. The molecule has 2 rings (SSSR count). The Labute approximate surface area is 125 Å². The van der Waals surface area contributed by atoms with Crippen LogP contribution in [-0.2, 0) is 0 Å². The predicted molar refractivity (Wildman–Crippen MR) is 81.1 cm³/mol. The average Bonchev–Trinajstić information content (AvgIpc) is 2.41. The van der Waals surface area contributed by atoms with Crippen LogP contribution in [0.4, 0.5) is 14.9 Å². The van der Waals surface area contributed by atoms with E-state index >= 15 is 0 Å². The van der Waals surface area contributed by atoms with E-state index in [-0.39, 0.29) is 17.9 Å². The highest BCUT2D eigenvalue weighted by atomic mass is 79.9. The predicted octanol–water partition coefficient (Wildman–Crippen LogP) is 4.47. The van der Waals surface area contributed by atoms with Crippen molar-refractivity contribution in [2.24, 2.45) is 0 Å². The van der Waals surface area contributed by atoms with E-state index < -0.39 is 0 Å². The van der Waals surface area contributed by atoms with Crippen molar-refractivity contribution in [3.05, 3.63) is 64.4 Å². The fraction of sp³-hybridized carbons (Fsp3) is 0.133. The van der Waals surface area contributed by atoms with Crippen LogP contribution in [0.15, 0.2) is 53.0 Å². The Balaban J connectivity index is 1.95. The largest absolute Gasteiger partial charge is 0.331 e. The normalized spacial score (nSPS) is 11.8. The Bertz CT molecular complexity index is 601. The number of carbonyl (C=O) groups is 1. The lowest BCUT2D eigenvalue weighted by Gasteiger charge is -2.15. The van der Waals surface area contributed by atoms with E-state index in [2.05, 4.69) is 26.6 Å². The molecule has 0 saturated heterocycles. The summed E-state index contributed by atoms with van der Waals surface area (Å²) < 4.78 is 13.7. The van der Waals surface area contributed by atoms with Gasteiger partial charge in [0, 0.05) is 10.2 Å². The van der Waals surface area contributed by atoms with E-state index in [0.29, 0.717) is 5.69 Å². The molecule has 3 nitrogen and oxygen atoms in total. The van der Waals surface area contributed by atoms with Crippen LogP contribution in [0.1, 0.15) is 18.5 Å². The Morgan fingerprint density at radius 3 is 2.55 bits per heavy atom. The first-order valence-corrected chi connectivity index (χ1v) is 6.92. The third kappa shape index (κ3) is 4.06. The second kappa shape index (κ2) is 6.52. The molecule has 0 aromatic heterocycles. The number of hydrogen-bond acceptors (Lipinski definition) is 1. The third-order valence-electron chi connectivity index (χ3n) is 2.80. The van der Waals surface area contributed by atoms with Gasteiger partial charge in [-0.1, -0.05) is 28.1 Å². The van der Waals surface area contributed by atoms with E-state index in [4.69, 9.17) is 0 Å². The van der Waals surface area contributed by atoms with E-state index in [9.17, 15) is 9.18 Å². The molecule has 0 radical (unpaired) electrons. The van der Waals surface area contributed by atoms with Crippen molar-refractivity contribution in [2.75, 3.05) is 5.32 Å². The molecule has 2 N–H and O–H groups in total. The maximum atomic E-state index is 12.8. The summed E-state index contributed by atoms with van der Waals surface area (Å²) in [6.07, 6.45) is 0. The second-order valence-corrected chi connectivity index (χ2v) is 5.30. The van der Waals surface area contributed by atoms with Gasteiger partial charge in [-0.05, 0) is 48.9 Å². The summed E-state index contributed by atoms with van der Waals surface area (Å²) in [6.45, 7) is 1.89. The molecule has 2 amide bonds. The number of rotatable bonds is 3. The van der Waals surface area contributed by atoms with Gasteiger partial charge in [0.2, 0.25) is 0 Å². The van der Waals surface area contributed by atoms with Gasteiger partial charge in [0.15, 0.2) is 0 Å². The van der Waals surface area contributed by atoms with Crippen LogP contribution in [0.5, 0.6) is 0 Å². The molecule has 1 atom stereocenters. The van der Waals surface area contributed by atoms with E-state index in [1.165, 1.54) is 24.3 Å². The molecule has 1 unspecified atom stereocenters. The number of anilines is 1. The minimum absolute atomic E-state index is 0.132. The van der Waals surface area contributed by atoms with Gasteiger partial charge in [0.25, 0.3) is 0 Å². The van der Waals surface area contributed by atoms with Gasteiger partial charge in [-0.3, -0.25) is 0 Å². The van der Waals surface area contributed by atoms with Crippen molar-refractivity contribution in [1.29, 1.82) is 0 Å². The van der Waals surface area contributed by atoms with Crippen molar-refractivity contribution < 1.29 is 9.18 Å². The van der Waals surface area contributed by atoms with Crippen LogP contribution >= 0.6 is 15.9 Å². The fourth-order valence-corrected chi connectivity index (χ4v) is 2.17. The van der Waals surface area contributed by atoms with Crippen LogP contribution < -0.4 is 10.6 Å². The number of halogens is 2. The number of carbonyl (C=O) groups excluding carboxylic acids is 1. The van der Waals surface area contributed by atoms with Crippen molar-refractivity contribution in [3.8, 4) is 0 Å². The number of benzene rings is 2. The molecule has 20 heavy (non-hydrogen) atoms. The minimum Gasteiger partial charge on any atom is -0.331 e. The van der Waals surface area contributed by atoms with Crippen LogP contribution in [0, 0.1) is 5.82 Å². The molecule has 0 saturated carbocycles. The third-order valence-corrected chi connectivity index (χ3v) is 3.29. The second-order valence-electron chi connectivity index (χ2n) is 4.38. The maximum absolute atomic E-state index is 12.8. The highest BCUT2D eigenvalue weighted by Gasteiger charge is 2.09. The summed E-state index contributed by atoms with van der Waals surface area (Å²) in [5, 5.41) is 5.48. The molecule has 0 aliphatic carbocycles. The molecule has 2 aromatic rings. The lowest BCUT2D eigenvalue weighted by atomic mass is 10.1. The van der Waals surface area contributed by atoms with E-state index in [0.717, 1.165) is 10.0 Å². The summed E-state index contributed by atoms with van der Waals surface area (Å²) >= 11 is 3.39. The van der Waals surface area contributed by atoms with Crippen molar-refractivity contribution in [1.82, 2.24) is 5.32 Å². The first-order valence-electron chi connectivity index (χ1n) is 6.13. The standard InChI is InChI=1S/C15H14BrFN2O/c1-10(11-3-2-4-12(16)9-11)18-15(20)19-14-7-5-13(17)6-8-14/h2-10H,1H3,(H2,18,19,20). The molecule has 0 bridgehead atoms. The lowest BCUT2D eigenvalue weighted by molar-refractivity contribution is 0.249. The molecular weight excluding hydrogens is 323 g/mol. The Morgan fingerprint density at radius 1 is 1.20 bits per heavy atom. The topological polar surface area (TPSA) is 41.1 Å². The average molecular weight is 337 g/mol. The number of nitrogens with one attached hydrogen (secondary N) is 2. The molecule has 0 aliphatic rings. The van der Waals surface area contributed by atoms with Crippen LogP contribution in [0.2, 0.25) is 0 Å².